The van der Waals surface area contributed by atoms with Crippen LogP contribution in [0, 0.1) is 31.8 Å². The average molecular weight is 497 g/mol. The third kappa shape index (κ3) is 5.01. The highest BCUT2D eigenvalue weighted by atomic mass is 16.6. The molecule has 1 saturated carbocycles. The van der Waals surface area contributed by atoms with Gasteiger partial charge >= 0.3 is 5.97 Å². The van der Waals surface area contributed by atoms with Crippen molar-refractivity contribution < 1.29 is 14.5 Å². The van der Waals surface area contributed by atoms with Gasteiger partial charge in [0.2, 0.25) is 5.70 Å². The van der Waals surface area contributed by atoms with Crippen LogP contribution in [0.25, 0.3) is 5.57 Å². The molecule has 0 aromatic carbocycles. The van der Waals surface area contributed by atoms with Crippen molar-refractivity contribution in [1.82, 2.24) is 4.98 Å². The third-order valence-electron chi connectivity index (χ3n) is 9.92. The first-order chi connectivity index (χ1) is 16.7. The van der Waals surface area contributed by atoms with Crippen LogP contribution in [-0.2, 0) is 9.53 Å². The highest BCUT2D eigenvalue weighted by Gasteiger charge is 2.53. The molecular weight excluding hydrogens is 452 g/mol. The standard InChI is InChI=1S/C30H44N2O4/c1-9-26(32(34)35)25-19-23(36-21(2)33)12-15-29(25,7)28(5,6)16-17-30(8)24(13-14-27(30,3)4)22-11-10-18-31-20-22/h10-11,13,18,20,23H,9,12,14-17,19H2,1-8H3/b26-25+/t23-,29-,30+/m0/s1. The maximum Gasteiger partial charge on any atom is 0.302 e. The zero-order valence-electron chi connectivity index (χ0n) is 23.4. The molecule has 0 aliphatic heterocycles. The molecule has 1 aromatic heterocycles. The summed E-state index contributed by atoms with van der Waals surface area (Å²) in [6.07, 6.45) is 11.1. The first kappa shape index (κ1) is 28.1. The zero-order valence-corrected chi connectivity index (χ0v) is 23.4. The van der Waals surface area contributed by atoms with Gasteiger partial charge in [-0.3, -0.25) is 19.9 Å². The number of nitrogens with zero attached hydrogens (tertiary/aromatic N) is 2. The van der Waals surface area contributed by atoms with Gasteiger partial charge in [-0.1, -0.05) is 60.6 Å². The van der Waals surface area contributed by atoms with Crippen LogP contribution in [0.5, 0.6) is 0 Å². The van der Waals surface area contributed by atoms with E-state index in [1.54, 1.807) is 0 Å². The molecule has 0 bridgehead atoms. The second-order valence-corrected chi connectivity index (χ2v) is 12.5. The lowest BCUT2D eigenvalue weighted by Crippen LogP contribution is -2.44. The Kier molecular flexibility index (Phi) is 7.88. The molecule has 2 aliphatic carbocycles. The predicted molar refractivity (Wildman–Crippen MR) is 144 cm³/mol. The number of pyridine rings is 1. The molecule has 6 heteroatoms. The molecule has 3 rings (SSSR count). The molecule has 3 atom stereocenters. The molecule has 1 heterocycles. The van der Waals surface area contributed by atoms with Crippen LogP contribution < -0.4 is 0 Å². The summed E-state index contributed by atoms with van der Waals surface area (Å²) < 4.78 is 5.54. The van der Waals surface area contributed by atoms with E-state index in [9.17, 15) is 14.9 Å². The summed E-state index contributed by atoms with van der Waals surface area (Å²) >= 11 is 0. The first-order valence-corrected chi connectivity index (χ1v) is 13.3. The summed E-state index contributed by atoms with van der Waals surface area (Å²) in [6, 6.07) is 4.14. The monoisotopic (exact) mass is 496 g/mol. The van der Waals surface area contributed by atoms with Gasteiger partial charge in [-0.25, -0.2) is 0 Å². The van der Waals surface area contributed by atoms with Crippen molar-refractivity contribution in [1.29, 1.82) is 0 Å². The van der Waals surface area contributed by atoms with Crippen molar-refractivity contribution in [2.45, 2.75) is 106 Å². The largest absolute Gasteiger partial charge is 0.462 e. The molecule has 36 heavy (non-hydrogen) atoms. The zero-order chi connectivity index (χ0) is 26.9. The van der Waals surface area contributed by atoms with E-state index >= 15 is 0 Å². The number of rotatable bonds is 8. The van der Waals surface area contributed by atoms with Gasteiger partial charge in [-0.15, -0.1) is 0 Å². The van der Waals surface area contributed by atoms with E-state index < -0.39 is 0 Å². The molecular formula is C30H44N2O4. The van der Waals surface area contributed by atoms with E-state index in [1.165, 1.54) is 18.1 Å². The van der Waals surface area contributed by atoms with E-state index in [0.29, 0.717) is 12.8 Å². The van der Waals surface area contributed by atoms with Gasteiger partial charge in [-0.2, -0.15) is 0 Å². The molecule has 1 aromatic rings. The number of aromatic nitrogens is 1. The Morgan fingerprint density at radius 3 is 2.53 bits per heavy atom. The summed E-state index contributed by atoms with van der Waals surface area (Å²) in [5.41, 5.74) is 3.17. The average Bonchev–Trinajstić information content (AvgIpc) is 3.04. The Morgan fingerprint density at radius 1 is 1.28 bits per heavy atom. The van der Waals surface area contributed by atoms with Crippen LogP contribution in [0.15, 0.2) is 41.9 Å². The number of hydrogen-bond acceptors (Lipinski definition) is 5. The van der Waals surface area contributed by atoms with Gasteiger partial charge in [0.15, 0.2) is 0 Å². The second kappa shape index (κ2) is 10.1. The Labute approximate surface area is 216 Å². The van der Waals surface area contributed by atoms with E-state index in [2.05, 4.69) is 58.7 Å². The number of allylic oxidation sites excluding steroid dienone is 3. The maximum absolute atomic E-state index is 12.1. The lowest BCUT2D eigenvalue weighted by atomic mass is 9.53. The third-order valence-corrected chi connectivity index (χ3v) is 9.92. The lowest BCUT2D eigenvalue weighted by molar-refractivity contribution is -0.430. The molecule has 0 spiro atoms. The molecule has 0 N–H and O–H groups in total. The van der Waals surface area contributed by atoms with Crippen molar-refractivity contribution >= 4 is 11.5 Å². The van der Waals surface area contributed by atoms with Crippen molar-refractivity contribution in [3.8, 4) is 0 Å². The summed E-state index contributed by atoms with van der Waals surface area (Å²) in [6.45, 7) is 17.1. The Morgan fingerprint density at radius 2 is 1.97 bits per heavy atom. The summed E-state index contributed by atoms with van der Waals surface area (Å²) in [7, 11) is 0. The highest BCUT2D eigenvalue weighted by Crippen LogP contribution is 2.62. The first-order valence-electron chi connectivity index (χ1n) is 13.3. The minimum absolute atomic E-state index is 0.0425. The van der Waals surface area contributed by atoms with Crippen LogP contribution in [0.1, 0.15) is 106 Å². The fourth-order valence-electron chi connectivity index (χ4n) is 6.57. The molecule has 0 amide bonds. The smallest absolute Gasteiger partial charge is 0.302 e. The van der Waals surface area contributed by atoms with E-state index in [0.717, 1.165) is 37.7 Å². The van der Waals surface area contributed by atoms with Gasteiger partial charge < -0.3 is 4.74 Å². The lowest BCUT2D eigenvalue weighted by Gasteiger charge is -2.51. The van der Waals surface area contributed by atoms with Gasteiger partial charge in [0.25, 0.3) is 0 Å². The van der Waals surface area contributed by atoms with E-state index in [-0.39, 0.29) is 44.4 Å². The van der Waals surface area contributed by atoms with Gasteiger partial charge in [0.05, 0.1) is 4.92 Å². The predicted octanol–water partition coefficient (Wildman–Crippen LogP) is 7.77. The van der Waals surface area contributed by atoms with Crippen LogP contribution in [0.2, 0.25) is 0 Å². The number of esters is 1. The molecule has 0 unspecified atom stereocenters. The van der Waals surface area contributed by atoms with Crippen LogP contribution in [0.3, 0.4) is 0 Å². The maximum atomic E-state index is 12.1. The number of carbonyl (C=O) groups excluding carboxylic acids is 1. The minimum Gasteiger partial charge on any atom is -0.462 e. The van der Waals surface area contributed by atoms with Gasteiger partial charge in [-0.05, 0) is 65.6 Å². The van der Waals surface area contributed by atoms with Crippen molar-refractivity contribution in [2.75, 3.05) is 0 Å². The van der Waals surface area contributed by atoms with Crippen molar-refractivity contribution in [3.05, 3.63) is 57.6 Å². The Hall–Kier alpha value is -2.50. The second-order valence-electron chi connectivity index (χ2n) is 12.5. The molecule has 1 fully saturated rings. The number of hydrogen-bond donors (Lipinski definition) is 0. The number of nitro groups is 1. The van der Waals surface area contributed by atoms with Crippen molar-refractivity contribution in [2.24, 2.45) is 21.7 Å². The van der Waals surface area contributed by atoms with Crippen LogP contribution in [0.4, 0.5) is 0 Å². The molecule has 2 aliphatic rings. The highest BCUT2D eigenvalue weighted by molar-refractivity contribution is 5.72. The van der Waals surface area contributed by atoms with Gasteiger partial charge in [0.1, 0.15) is 6.10 Å². The topological polar surface area (TPSA) is 82.3 Å². The fraction of sp³-hybridized carbons (Fsp3) is 0.667. The Balaban J connectivity index is 1.96. The molecule has 6 nitrogen and oxygen atoms in total. The van der Waals surface area contributed by atoms with Crippen LogP contribution in [-0.4, -0.2) is 22.0 Å². The fourth-order valence-corrected chi connectivity index (χ4v) is 6.57. The summed E-state index contributed by atoms with van der Waals surface area (Å²) in [5.74, 6) is -0.326. The molecule has 0 saturated heterocycles. The Bertz CT molecular complexity index is 1060. The molecule has 0 radical (unpaired) electrons. The quantitative estimate of drug-likeness (QED) is 0.208. The normalized spacial score (nSPS) is 29.4. The van der Waals surface area contributed by atoms with Crippen LogP contribution >= 0.6 is 0 Å². The summed E-state index contributed by atoms with van der Waals surface area (Å²) in [4.78, 5) is 27.9. The van der Waals surface area contributed by atoms with E-state index in [1.807, 2.05) is 25.4 Å². The van der Waals surface area contributed by atoms with Gasteiger partial charge in [0, 0.05) is 43.1 Å². The SMILES string of the molecule is CC/C(=C1/C[C@@H](OC(C)=O)CC[C@]1(C)C(C)(C)CC[C@]1(C)C(c2cccnc2)=CCC1(C)C)[N+](=O)[O-]. The summed E-state index contributed by atoms with van der Waals surface area (Å²) in [5, 5.41) is 12.1. The number of ether oxygens (including phenoxy) is 1. The minimum atomic E-state index is -0.362. The van der Waals surface area contributed by atoms with Crippen molar-refractivity contribution in [3.63, 3.8) is 0 Å². The van der Waals surface area contributed by atoms with E-state index in [4.69, 9.17) is 4.74 Å². The molecule has 198 valence electrons. The number of carbonyl (C=O) groups is 1.